The second-order valence-corrected chi connectivity index (χ2v) is 10.4. The van der Waals surface area contributed by atoms with Crippen LogP contribution in [0.5, 0.6) is 0 Å². The number of piperidine rings is 1. The van der Waals surface area contributed by atoms with Crippen molar-refractivity contribution in [3.63, 3.8) is 0 Å². The Morgan fingerprint density at radius 3 is 1.53 bits per heavy atom. The van der Waals surface area contributed by atoms with Crippen molar-refractivity contribution < 1.29 is 24.0 Å². The summed E-state index contributed by atoms with van der Waals surface area (Å²) in [5.74, 6) is -0.000740. The quantitative estimate of drug-likeness (QED) is 0.607. The van der Waals surface area contributed by atoms with Crippen LogP contribution in [0.15, 0.2) is 0 Å². The van der Waals surface area contributed by atoms with Gasteiger partial charge in [-0.3, -0.25) is 29.0 Å². The number of hydroxylamine groups is 2. The normalized spacial score (nSPS) is 28.0. The first-order chi connectivity index (χ1) is 14.2. The molecule has 184 valence electrons. The lowest BCUT2D eigenvalue weighted by atomic mass is 9.75. The maximum atomic E-state index is 12.1. The van der Waals surface area contributed by atoms with Crippen molar-refractivity contribution in [1.82, 2.24) is 14.9 Å². The van der Waals surface area contributed by atoms with Gasteiger partial charge in [0, 0.05) is 48.8 Å². The highest BCUT2D eigenvalue weighted by atomic mass is 16.7. The van der Waals surface area contributed by atoms with E-state index in [0.717, 1.165) is 12.8 Å². The average Bonchev–Trinajstić information content (AvgIpc) is 3.02. The van der Waals surface area contributed by atoms with Gasteiger partial charge in [0.15, 0.2) is 0 Å². The fraction of sp³-hybridized carbons (Fsp3) is 0.833. The smallest absolute Gasteiger partial charge is 0.232 e. The highest BCUT2D eigenvalue weighted by Gasteiger charge is 2.47. The zero-order valence-electron chi connectivity index (χ0n) is 20.4. The molecule has 3 aliphatic rings. The van der Waals surface area contributed by atoms with Crippen LogP contribution in [-0.4, -0.2) is 69.8 Å². The van der Waals surface area contributed by atoms with Gasteiger partial charge in [-0.2, -0.15) is 5.06 Å². The lowest BCUT2D eigenvalue weighted by molar-refractivity contribution is -0.272. The van der Waals surface area contributed by atoms with E-state index in [4.69, 9.17) is 4.84 Å². The first-order valence-electron chi connectivity index (χ1n) is 11.3. The lowest BCUT2D eigenvalue weighted by Gasteiger charge is -2.53. The van der Waals surface area contributed by atoms with Crippen LogP contribution in [0.4, 0.5) is 0 Å². The predicted octanol–water partition coefficient (Wildman–Crippen LogP) is 3.25. The second-order valence-electron chi connectivity index (χ2n) is 10.4. The average molecular weight is 454 g/mol. The number of nitrogens with zero attached hydrogens (tertiary/aromatic N) is 3. The Bertz CT molecular complexity index is 715. The summed E-state index contributed by atoms with van der Waals surface area (Å²) in [5.41, 5.74) is -0.225. The number of carbonyl (C=O) groups is 4. The van der Waals surface area contributed by atoms with Gasteiger partial charge >= 0.3 is 0 Å². The van der Waals surface area contributed by atoms with Gasteiger partial charge in [-0.25, -0.2) is 0 Å². The molecule has 2 unspecified atom stereocenters. The fourth-order valence-electron chi connectivity index (χ4n) is 5.57. The summed E-state index contributed by atoms with van der Waals surface area (Å²) < 4.78 is 0. The summed E-state index contributed by atoms with van der Waals surface area (Å²) in [6.07, 6.45) is 2.58. The van der Waals surface area contributed by atoms with Crippen LogP contribution in [0.3, 0.4) is 0 Å². The molecule has 0 aliphatic carbocycles. The van der Waals surface area contributed by atoms with Crippen LogP contribution in [0.25, 0.3) is 0 Å². The second kappa shape index (κ2) is 10.4. The maximum Gasteiger partial charge on any atom is 0.232 e. The summed E-state index contributed by atoms with van der Waals surface area (Å²) >= 11 is 0. The van der Waals surface area contributed by atoms with Gasteiger partial charge in [0.25, 0.3) is 0 Å². The van der Waals surface area contributed by atoms with E-state index in [9.17, 15) is 19.2 Å². The van der Waals surface area contributed by atoms with E-state index in [0.29, 0.717) is 31.8 Å². The lowest BCUT2D eigenvalue weighted by Crippen LogP contribution is -2.61. The van der Waals surface area contributed by atoms with Crippen molar-refractivity contribution in [2.24, 2.45) is 17.8 Å². The van der Waals surface area contributed by atoms with Gasteiger partial charge in [0.05, 0.1) is 7.11 Å². The van der Waals surface area contributed by atoms with Crippen LogP contribution in [-0.2, 0) is 24.0 Å². The molecule has 3 fully saturated rings. The first kappa shape index (κ1) is 28.2. The molecule has 8 heteroatoms. The van der Waals surface area contributed by atoms with Crippen LogP contribution >= 0.6 is 0 Å². The molecule has 8 nitrogen and oxygen atoms in total. The number of imide groups is 2. The minimum Gasteiger partial charge on any atom is -0.301 e. The van der Waals surface area contributed by atoms with E-state index < -0.39 is 0 Å². The topological polar surface area (TPSA) is 87.2 Å². The minimum atomic E-state index is -0.155. The number of likely N-dealkylation sites (tertiary alicyclic amines) is 2. The van der Waals surface area contributed by atoms with Crippen molar-refractivity contribution in [3.05, 3.63) is 0 Å². The molecule has 32 heavy (non-hydrogen) atoms. The van der Waals surface area contributed by atoms with Crippen molar-refractivity contribution in [2.75, 3.05) is 20.2 Å². The molecular formula is C24H43N3O5. The van der Waals surface area contributed by atoms with E-state index in [1.165, 1.54) is 9.80 Å². The molecule has 3 saturated heterocycles. The Labute approximate surface area is 193 Å². The Kier molecular flexibility index (Phi) is 9.20. The van der Waals surface area contributed by atoms with Crippen molar-refractivity contribution >= 4 is 23.6 Å². The summed E-state index contributed by atoms with van der Waals surface area (Å²) in [6, 6.07) is 0. The van der Waals surface area contributed by atoms with Gasteiger partial charge in [-0.1, -0.05) is 21.3 Å². The summed E-state index contributed by atoms with van der Waals surface area (Å²) in [4.78, 5) is 54.4. The number of rotatable bonds is 4. The van der Waals surface area contributed by atoms with Crippen molar-refractivity contribution in [2.45, 2.75) is 92.7 Å². The first-order valence-corrected chi connectivity index (χ1v) is 11.3. The van der Waals surface area contributed by atoms with Gasteiger partial charge in [-0.15, -0.1) is 0 Å². The number of carbonyl (C=O) groups excluding carboxylic acids is 4. The van der Waals surface area contributed by atoms with Crippen molar-refractivity contribution in [1.29, 1.82) is 0 Å². The monoisotopic (exact) mass is 453 g/mol. The van der Waals surface area contributed by atoms with E-state index in [-0.39, 0.29) is 54.0 Å². The van der Waals surface area contributed by atoms with Gasteiger partial charge in [-0.05, 0) is 53.4 Å². The third-order valence-corrected chi connectivity index (χ3v) is 6.55. The fourth-order valence-corrected chi connectivity index (χ4v) is 5.57. The van der Waals surface area contributed by atoms with Crippen LogP contribution in [0.2, 0.25) is 0 Å². The van der Waals surface area contributed by atoms with E-state index >= 15 is 0 Å². The number of hydrogen-bond donors (Lipinski definition) is 0. The molecule has 0 aromatic carbocycles. The number of amides is 4. The molecule has 2 atom stereocenters. The molecule has 0 aromatic rings. The molecule has 0 saturated carbocycles. The standard InChI is InChI=1S/C16H28N2O3.C7H11NO2.CH4/c1-11-7-13(19)17(14(11)20)10-12-8-15(2,3)18(21-6)16(4,5)9-12;1-3-8-6(9)4-5(2)7(8)10;/h11-12H,7-10H2,1-6H3;5H,3-4H2,1-2H3;1H4. The maximum absolute atomic E-state index is 12.1. The molecule has 4 amide bonds. The molecule has 3 rings (SSSR count). The Morgan fingerprint density at radius 2 is 1.25 bits per heavy atom. The van der Waals surface area contributed by atoms with Crippen LogP contribution in [0.1, 0.15) is 81.6 Å². The molecule has 0 spiro atoms. The molecule has 0 radical (unpaired) electrons. The highest BCUT2D eigenvalue weighted by Crippen LogP contribution is 2.42. The zero-order chi connectivity index (χ0) is 23.7. The third-order valence-electron chi connectivity index (χ3n) is 6.55. The SMILES string of the molecule is C.CCN1C(=O)CC(C)C1=O.CON1C(C)(C)CC(CN2C(=O)CC(C)C2=O)CC1(C)C. The number of hydrogen-bond acceptors (Lipinski definition) is 6. The highest BCUT2D eigenvalue weighted by molar-refractivity contribution is 6.03. The molecule has 3 aliphatic heterocycles. The van der Waals surface area contributed by atoms with Crippen LogP contribution < -0.4 is 0 Å². The summed E-state index contributed by atoms with van der Waals surface area (Å²) in [6.45, 7) is 15.1. The van der Waals surface area contributed by atoms with Crippen molar-refractivity contribution in [3.8, 4) is 0 Å². The zero-order valence-corrected chi connectivity index (χ0v) is 20.4. The Balaban J connectivity index is 0.000000393. The van der Waals surface area contributed by atoms with E-state index in [2.05, 4.69) is 27.7 Å². The minimum absolute atomic E-state index is 0. The van der Waals surface area contributed by atoms with Gasteiger partial charge in [0.2, 0.25) is 23.6 Å². The van der Waals surface area contributed by atoms with Gasteiger partial charge in [0.1, 0.15) is 0 Å². The van der Waals surface area contributed by atoms with Crippen LogP contribution in [0, 0.1) is 17.8 Å². The predicted molar refractivity (Wildman–Crippen MR) is 123 cm³/mol. The Hall–Kier alpha value is -1.80. The summed E-state index contributed by atoms with van der Waals surface area (Å²) in [5, 5.41) is 2.05. The third kappa shape index (κ3) is 5.76. The molecule has 0 bridgehead atoms. The van der Waals surface area contributed by atoms with E-state index in [1.807, 2.05) is 18.9 Å². The molecule has 0 N–H and O–H groups in total. The molecule has 0 aromatic heterocycles. The summed E-state index contributed by atoms with van der Waals surface area (Å²) in [7, 11) is 1.71. The Morgan fingerprint density at radius 1 is 0.844 bits per heavy atom. The van der Waals surface area contributed by atoms with E-state index in [1.54, 1.807) is 14.0 Å². The molecule has 3 heterocycles. The van der Waals surface area contributed by atoms with Gasteiger partial charge < -0.3 is 4.84 Å². The largest absolute Gasteiger partial charge is 0.301 e. The molecular weight excluding hydrogens is 410 g/mol.